The quantitative estimate of drug-likeness (QED) is 0.509. The number of furan rings is 1. The number of fused-ring (bicyclic) bond motifs is 3. The van der Waals surface area contributed by atoms with Gasteiger partial charge in [-0.1, -0.05) is 12.1 Å². The van der Waals surface area contributed by atoms with Crippen LogP contribution in [0.25, 0.3) is 28.3 Å². The zero-order valence-electron chi connectivity index (χ0n) is 9.45. The van der Waals surface area contributed by atoms with E-state index in [1.54, 1.807) is 12.5 Å². The second kappa shape index (κ2) is 3.43. The zero-order chi connectivity index (χ0) is 11.9. The summed E-state index contributed by atoms with van der Waals surface area (Å²) >= 11 is 0. The van der Waals surface area contributed by atoms with Gasteiger partial charge in [-0.3, -0.25) is 4.40 Å². The van der Waals surface area contributed by atoms with Gasteiger partial charge in [-0.25, -0.2) is 9.97 Å². The predicted molar refractivity (Wildman–Crippen MR) is 68.2 cm³/mol. The Labute approximate surface area is 103 Å². The number of imidazole rings is 1. The average Bonchev–Trinajstić information content (AvgIpc) is 3.05. The third kappa shape index (κ3) is 1.20. The summed E-state index contributed by atoms with van der Waals surface area (Å²) in [6.07, 6.45) is 3.42. The van der Waals surface area contributed by atoms with Crippen molar-refractivity contribution >= 4 is 16.8 Å². The molecular formula is C14H9N3O. The maximum atomic E-state index is 5.47. The first-order valence-corrected chi connectivity index (χ1v) is 5.69. The largest absolute Gasteiger partial charge is 0.463 e. The standard InChI is InChI=1S/C14H9N3O/c1-2-5-11-10(4-1)16-14-15-8-7-12(17(11)14)13-6-3-9-18-13/h1-9H. The van der Waals surface area contributed by atoms with Gasteiger partial charge in [0, 0.05) is 6.20 Å². The summed E-state index contributed by atoms with van der Waals surface area (Å²) in [5, 5.41) is 0. The van der Waals surface area contributed by atoms with E-state index in [1.165, 1.54) is 0 Å². The minimum absolute atomic E-state index is 0.685. The van der Waals surface area contributed by atoms with Gasteiger partial charge in [0.25, 0.3) is 0 Å². The van der Waals surface area contributed by atoms with Crippen LogP contribution in [0, 0.1) is 0 Å². The highest BCUT2D eigenvalue weighted by atomic mass is 16.3. The summed E-state index contributed by atoms with van der Waals surface area (Å²) in [5.74, 6) is 1.50. The molecule has 3 aromatic heterocycles. The lowest BCUT2D eigenvalue weighted by Gasteiger charge is -2.02. The number of nitrogens with zero attached hydrogens (tertiary/aromatic N) is 3. The van der Waals surface area contributed by atoms with E-state index in [0.29, 0.717) is 5.78 Å². The van der Waals surface area contributed by atoms with E-state index in [4.69, 9.17) is 4.42 Å². The Kier molecular flexibility index (Phi) is 1.80. The van der Waals surface area contributed by atoms with Crippen molar-refractivity contribution < 1.29 is 4.42 Å². The molecule has 4 nitrogen and oxygen atoms in total. The summed E-state index contributed by atoms with van der Waals surface area (Å²) in [5.41, 5.74) is 2.93. The van der Waals surface area contributed by atoms with Crippen LogP contribution in [0.15, 0.2) is 59.3 Å². The fourth-order valence-electron chi connectivity index (χ4n) is 2.20. The first-order chi connectivity index (χ1) is 8.93. The molecule has 4 aromatic rings. The van der Waals surface area contributed by atoms with Crippen LogP contribution in [0.1, 0.15) is 0 Å². The molecule has 4 heteroatoms. The first kappa shape index (κ1) is 9.41. The van der Waals surface area contributed by atoms with Crippen molar-refractivity contribution in [3.05, 3.63) is 54.9 Å². The molecule has 3 heterocycles. The first-order valence-electron chi connectivity index (χ1n) is 5.69. The Morgan fingerprint density at radius 1 is 1.00 bits per heavy atom. The van der Waals surface area contributed by atoms with Gasteiger partial charge >= 0.3 is 0 Å². The van der Waals surface area contributed by atoms with Crippen LogP contribution in [0.4, 0.5) is 0 Å². The SMILES string of the molecule is c1coc(-c2ccnc3nc4ccccc4n23)c1. The van der Waals surface area contributed by atoms with Crippen LogP contribution in [-0.2, 0) is 0 Å². The molecule has 0 N–H and O–H groups in total. The average molecular weight is 235 g/mol. The van der Waals surface area contributed by atoms with E-state index in [1.807, 2.05) is 46.9 Å². The van der Waals surface area contributed by atoms with Crippen molar-refractivity contribution in [2.75, 3.05) is 0 Å². The molecule has 4 rings (SSSR count). The van der Waals surface area contributed by atoms with E-state index in [2.05, 4.69) is 9.97 Å². The van der Waals surface area contributed by atoms with Crippen molar-refractivity contribution in [1.82, 2.24) is 14.4 Å². The minimum atomic E-state index is 0.685. The van der Waals surface area contributed by atoms with Gasteiger partial charge in [0.15, 0.2) is 5.76 Å². The highest BCUT2D eigenvalue weighted by Gasteiger charge is 2.11. The Balaban J connectivity index is 2.21. The number of hydrogen-bond acceptors (Lipinski definition) is 3. The minimum Gasteiger partial charge on any atom is -0.463 e. The molecule has 0 saturated heterocycles. The number of hydrogen-bond donors (Lipinski definition) is 0. The van der Waals surface area contributed by atoms with Crippen LogP contribution >= 0.6 is 0 Å². The van der Waals surface area contributed by atoms with E-state index in [0.717, 1.165) is 22.5 Å². The van der Waals surface area contributed by atoms with Gasteiger partial charge in [-0.15, -0.1) is 0 Å². The van der Waals surface area contributed by atoms with Crippen molar-refractivity contribution in [2.45, 2.75) is 0 Å². The predicted octanol–water partition coefficient (Wildman–Crippen LogP) is 3.14. The maximum Gasteiger partial charge on any atom is 0.235 e. The molecule has 0 amide bonds. The molecule has 0 spiro atoms. The van der Waals surface area contributed by atoms with Crippen molar-refractivity contribution in [3.63, 3.8) is 0 Å². The van der Waals surface area contributed by atoms with Gasteiger partial charge in [0.1, 0.15) is 0 Å². The molecule has 0 aliphatic heterocycles. The third-order valence-corrected chi connectivity index (χ3v) is 2.98. The smallest absolute Gasteiger partial charge is 0.235 e. The van der Waals surface area contributed by atoms with Gasteiger partial charge in [0.2, 0.25) is 5.78 Å². The second-order valence-corrected chi connectivity index (χ2v) is 4.04. The molecule has 1 aromatic carbocycles. The van der Waals surface area contributed by atoms with Crippen molar-refractivity contribution in [1.29, 1.82) is 0 Å². The zero-order valence-corrected chi connectivity index (χ0v) is 9.45. The fourth-order valence-corrected chi connectivity index (χ4v) is 2.20. The molecule has 0 unspecified atom stereocenters. The Morgan fingerprint density at radius 2 is 1.94 bits per heavy atom. The number of benzene rings is 1. The Hall–Kier alpha value is -2.62. The maximum absolute atomic E-state index is 5.47. The molecule has 0 radical (unpaired) electrons. The van der Waals surface area contributed by atoms with Gasteiger partial charge in [-0.2, -0.15) is 0 Å². The Morgan fingerprint density at radius 3 is 2.83 bits per heavy atom. The molecule has 86 valence electrons. The summed E-state index contributed by atoms with van der Waals surface area (Å²) < 4.78 is 7.48. The Bertz CT molecular complexity index is 831. The van der Waals surface area contributed by atoms with Gasteiger partial charge < -0.3 is 4.42 Å². The van der Waals surface area contributed by atoms with E-state index in [9.17, 15) is 0 Å². The molecule has 0 aliphatic carbocycles. The molecular weight excluding hydrogens is 226 g/mol. The summed E-state index contributed by atoms with van der Waals surface area (Å²) in [6.45, 7) is 0. The molecule has 0 atom stereocenters. The van der Waals surface area contributed by atoms with Crippen LogP contribution in [0.3, 0.4) is 0 Å². The van der Waals surface area contributed by atoms with Gasteiger partial charge in [-0.05, 0) is 30.3 Å². The summed E-state index contributed by atoms with van der Waals surface area (Å²) in [6, 6.07) is 13.7. The number of rotatable bonds is 1. The number of para-hydroxylation sites is 2. The van der Waals surface area contributed by atoms with E-state index >= 15 is 0 Å². The highest BCUT2D eigenvalue weighted by Crippen LogP contribution is 2.24. The second-order valence-electron chi connectivity index (χ2n) is 4.04. The lowest BCUT2D eigenvalue weighted by Crippen LogP contribution is -1.92. The summed E-state index contributed by atoms with van der Waals surface area (Å²) in [4.78, 5) is 8.80. The normalized spacial score (nSPS) is 11.3. The van der Waals surface area contributed by atoms with Crippen LogP contribution in [-0.4, -0.2) is 14.4 Å². The molecule has 0 fully saturated rings. The van der Waals surface area contributed by atoms with Crippen LogP contribution in [0.5, 0.6) is 0 Å². The summed E-state index contributed by atoms with van der Waals surface area (Å²) in [7, 11) is 0. The van der Waals surface area contributed by atoms with Crippen LogP contribution < -0.4 is 0 Å². The molecule has 0 aliphatic rings. The fraction of sp³-hybridized carbons (Fsp3) is 0. The molecule has 0 bridgehead atoms. The van der Waals surface area contributed by atoms with Gasteiger partial charge in [0.05, 0.1) is 23.0 Å². The van der Waals surface area contributed by atoms with E-state index in [-0.39, 0.29) is 0 Å². The van der Waals surface area contributed by atoms with E-state index < -0.39 is 0 Å². The third-order valence-electron chi connectivity index (χ3n) is 2.98. The van der Waals surface area contributed by atoms with Crippen molar-refractivity contribution in [3.8, 4) is 11.5 Å². The monoisotopic (exact) mass is 235 g/mol. The lowest BCUT2D eigenvalue weighted by atomic mass is 10.3. The lowest BCUT2D eigenvalue weighted by molar-refractivity contribution is 0.579. The van der Waals surface area contributed by atoms with Crippen molar-refractivity contribution in [2.24, 2.45) is 0 Å². The molecule has 18 heavy (non-hydrogen) atoms. The molecule has 0 saturated carbocycles. The topological polar surface area (TPSA) is 43.3 Å². The highest BCUT2D eigenvalue weighted by molar-refractivity contribution is 5.81. The number of aromatic nitrogens is 3. The van der Waals surface area contributed by atoms with Crippen LogP contribution in [0.2, 0.25) is 0 Å².